The van der Waals surface area contributed by atoms with E-state index in [0.717, 1.165) is 80.9 Å². The van der Waals surface area contributed by atoms with E-state index in [4.69, 9.17) is 37.7 Å². The van der Waals surface area contributed by atoms with E-state index in [2.05, 4.69) is 5.32 Å². The average Bonchev–Trinajstić information content (AvgIpc) is 3.33. The lowest BCUT2D eigenvalue weighted by molar-refractivity contribution is -0.318. The van der Waals surface area contributed by atoms with E-state index in [0.29, 0.717) is 25.2 Å². The van der Waals surface area contributed by atoms with Crippen LogP contribution in [0.3, 0.4) is 0 Å². The molecule has 15 heteroatoms. The highest BCUT2D eigenvalue weighted by Gasteiger charge is 2.50. The predicted molar refractivity (Wildman–Crippen MR) is 257 cm³/mol. The molecule has 4 aromatic carbocycles. The maximum atomic E-state index is 13.8. The molecule has 1 amide bonds. The van der Waals surface area contributed by atoms with Crippen LogP contribution in [0, 0.1) is 0 Å². The number of rotatable bonds is 32. The number of hydrogen-bond donors (Lipinski definition) is 2. The van der Waals surface area contributed by atoms with E-state index in [1.807, 2.05) is 97.1 Å². The first-order chi connectivity index (χ1) is 33.0. The molecule has 1 fully saturated rings. The summed E-state index contributed by atoms with van der Waals surface area (Å²) in [5.74, 6) is -1.60. The molecule has 1 aliphatic heterocycles. The number of esters is 2. The Kier molecular flexibility index (Phi) is 24.2. The summed E-state index contributed by atoms with van der Waals surface area (Å²) >= 11 is 0. The number of ether oxygens (including phenoxy) is 7. The molecule has 0 aromatic heterocycles. The van der Waals surface area contributed by atoms with E-state index in [1.54, 1.807) is 24.3 Å². The van der Waals surface area contributed by atoms with Gasteiger partial charge < -0.3 is 38.5 Å². The number of unbranched alkanes of at least 4 members (excludes halogenated alkanes) is 7. The Morgan fingerprint density at radius 1 is 0.632 bits per heavy atom. The summed E-state index contributed by atoms with van der Waals surface area (Å²) in [5, 5.41) is 2.50. The first kappa shape index (κ1) is 53.9. The minimum absolute atomic E-state index is 0.120. The smallest absolute Gasteiger partial charge is 0.338 e. The molecule has 370 valence electrons. The molecule has 68 heavy (non-hydrogen) atoms. The van der Waals surface area contributed by atoms with Crippen molar-refractivity contribution in [2.75, 3.05) is 25.5 Å². The van der Waals surface area contributed by atoms with Crippen molar-refractivity contribution in [2.24, 2.45) is 0 Å². The normalized spacial score (nSPS) is 18.6. The van der Waals surface area contributed by atoms with Crippen molar-refractivity contribution in [3.05, 3.63) is 144 Å². The molecular weight excluding hydrogens is 891 g/mol. The van der Waals surface area contributed by atoms with Crippen LogP contribution in [-0.4, -0.2) is 93.1 Å². The summed E-state index contributed by atoms with van der Waals surface area (Å²) in [5.41, 5.74) is 3.30. The zero-order valence-corrected chi connectivity index (χ0v) is 40.0. The molecule has 0 aliphatic carbocycles. The van der Waals surface area contributed by atoms with Crippen LogP contribution in [0.15, 0.2) is 121 Å². The number of nitrogens with one attached hydrogen (secondary N) is 1. The van der Waals surface area contributed by atoms with Gasteiger partial charge in [-0.05, 0) is 67.3 Å². The molecule has 4 aromatic rings. The van der Waals surface area contributed by atoms with Gasteiger partial charge in [0, 0.05) is 26.5 Å². The van der Waals surface area contributed by atoms with Gasteiger partial charge in [-0.1, -0.05) is 141 Å². The third kappa shape index (κ3) is 21.1. The Bertz CT molecular complexity index is 2130. The molecule has 0 spiro atoms. The van der Waals surface area contributed by atoms with Crippen LogP contribution in [0.25, 0.3) is 0 Å². The molecule has 2 N–H and O–H groups in total. The number of carbonyl (C=O) groups excluding carboxylic acids is 3. The first-order valence-electron chi connectivity index (χ1n) is 23.9. The third-order valence-electron chi connectivity index (χ3n) is 11.5. The standard InChI is InChI=1S/C53H69NO13S/c1-41(55)65-46(32-20-4-5-21-33-48(56)54-34-36-68(58,59)60)31-19-3-2-6-22-35-62-53-51(67-52(57)45-29-17-10-18-30-45)50(64-39-44-27-15-9-16-28-44)49(63-38-43-25-13-8-14-26-43)47(66-53)40-61-37-42-23-11-7-12-24-42/h7-18,23-30,46-47,49-51,53H,2-6,19-22,31-40H2,1H3,(H,54,56)(H,58,59,60)/t46?,47-,49-,50+,51-,53-/m1/s1. The summed E-state index contributed by atoms with van der Waals surface area (Å²) in [6.07, 6.45) is 4.98. The van der Waals surface area contributed by atoms with E-state index in [-0.39, 0.29) is 50.8 Å². The Labute approximate surface area is 402 Å². The van der Waals surface area contributed by atoms with Gasteiger partial charge in [0.1, 0.15) is 24.4 Å². The monoisotopic (exact) mass is 959 g/mol. The second-order valence-electron chi connectivity index (χ2n) is 17.0. The van der Waals surface area contributed by atoms with Gasteiger partial charge >= 0.3 is 11.9 Å². The minimum Gasteiger partial charge on any atom is -0.463 e. The Hall–Kier alpha value is -5.00. The third-order valence-corrected chi connectivity index (χ3v) is 12.2. The van der Waals surface area contributed by atoms with Gasteiger partial charge in [-0.25, -0.2) is 4.79 Å². The Morgan fingerprint density at radius 2 is 1.15 bits per heavy atom. The SMILES string of the molecule is CC(=O)OC(CCCCCCCO[C@@H]1O[C@H](COCc2ccccc2)[C@@H](OCc2ccccc2)[C@H](OCc2ccccc2)[C@H]1OC(=O)c1ccccc1)CCCCCCC(=O)NCCS(=O)(=O)O. The van der Waals surface area contributed by atoms with Crippen molar-refractivity contribution in [1.82, 2.24) is 5.32 Å². The molecule has 0 saturated carbocycles. The van der Waals surface area contributed by atoms with Crippen molar-refractivity contribution < 1.29 is 60.5 Å². The summed E-state index contributed by atoms with van der Waals surface area (Å²) in [7, 11) is -4.11. The van der Waals surface area contributed by atoms with Crippen molar-refractivity contribution >= 4 is 28.0 Å². The maximum Gasteiger partial charge on any atom is 0.338 e. The highest BCUT2D eigenvalue weighted by molar-refractivity contribution is 7.85. The molecule has 14 nitrogen and oxygen atoms in total. The average molecular weight is 960 g/mol. The molecule has 1 heterocycles. The van der Waals surface area contributed by atoms with Crippen LogP contribution in [0.5, 0.6) is 0 Å². The van der Waals surface area contributed by atoms with Crippen LogP contribution >= 0.6 is 0 Å². The molecule has 1 unspecified atom stereocenters. The van der Waals surface area contributed by atoms with E-state index < -0.39 is 52.5 Å². The highest BCUT2D eigenvalue weighted by atomic mass is 32.2. The summed E-state index contributed by atoms with van der Waals surface area (Å²) < 4.78 is 75.4. The molecular formula is C53H69NO13S. The summed E-state index contributed by atoms with van der Waals surface area (Å²) in [6, 6.07) is 38.4. The zero-order valence-electron chi connectivity index (χ0n) is 39.2. The van der Waals surface area contributed by atoms with Crippen molar-refractivity contribution in [1.29, 1.82) is 0 Å². The van der Waals surface area contributed by atoms with Gasteiger partial charge in [-0.2, -0.15) is 8.42 Å². The van der Waals surface area contributed by atoms with E-state index >= 15 is 0 Å². The largest absolute Gasteiger partial charge is 0.463 e. The van der Waals surface area contributed by atoms with Crippen molar-refractivity contribution in [3.8, 4) is 0 Å². The van der Waals surface area contributed by atoms with Crippen LogP contribution in [0.4, 0.5) is 0 Å². The number of benzene rings is 4. The lowest BCUT2D eigenvalue weighted by atomic mass is 9.97. The molecule has 1 aliphatic rings. The maximum absolute atomic E-state index is 13.8. The molecule has 5 rings (SSSR count). The number of amides is 1. The minimum atomic E-state index is -4.11. The predicted octanol–water partition coefficient (Wildman–Crippen LogP) is 8.96. The lowest BCUT2D eigenvalue weighted by Crippen LogP contribution is -2.62. The second-order valence-corrected chi connectivity index (χ2v) is 18.6. The molecule has 6 atom stereocenters. The fraction of sp³-hybridized carbons (Fsp3) is 0.491. The second kappa shape index (κ2) is 30.5. The van der Waals surface area contributed by atoms with Gasteiger partial charge in [-0.3, -0.25) is 14.1 Å². The number of hydrogen-bond acceptors (Lipinski definition) is 12. The highest BCUT2D eigenvalue weighted by Crippen LogP contribution is 2.32. The fourth-order valence-corrected chi connectivity index (χ4v) is 8.31. The summed E-state index contributed by atoms with van der Waals surface area (Å²) in [4.78, 5) is 37.6. The topological polar surface area (TPSA) is 182 Å². The molecule has 0 bridgehead atoms. The van der Waals surface area contributed by atoms with Crippen molar-refractivity contribution in [3.63, 3.8) is 0 Å². The Balaban J connectivity index is 1.18. The quantitative estimate of drug-likeness (QED) is 0.0269. The van der Waals surface area contributed by atoms with Crippen LogP contribution in [-0.2, 0) is 72.7 Å². The van der Waals surface area contributed by atoms with Crippen LogP contribution < -0.4 is 5.32 Å². The van der Waals surface area contributed by atoms with Crippen LogP contribution in [0.2, 0.25) is 0 Å². The van der Waals surface area contributed by atoms with Crippen LogP contribution in [0.1, 0.15) is 111 Å². The molecule has 0 radical (unpaired) electrons. The first-order valence-corrected chi connectivity index (χ1v) is 25.5. The fourth-order valence-electron chi connectivity index (χ4n) is 7.95. The van der Waals surface area contributed by atoms with Gasteiger partial charge in [-0.15, -0.1) is 0 Å². The van der Waals surface area contributed by atoms with Crippen molar-refractivity contribution in [2.45, 2.75) is 141 Å². The molecule has 1 saturated heterocycles. The van der Waals surface area contributed by atoms with Gasteiger partial charge in [0.25, 0.3) is 10.1 Å². The van der Waals surface area contributed by atoms with Gasteiger partial charge in [0.15, 0.2) is 12.4 Å². The lowest BCUT2D eigenvalue weighted by Gasteiger charge is -2.45. The zero-order chi connectivity index (χ0) is 48.2. The van der Waals surface area contributed by atoms with Gasteiger partial charge in [0.05, 0.1) is 37.7 Å². The van der Waals surface area contributed by atoms with E-state index in [1.165, 1.54) is 6.92 Å². The number of carbonyl (C=O) groups is 3. The Morgan fingerprint density at radius 3 is 1.72 bits per heavy atom. The van der Waals surface area contributed by atoms with Gasteiger partial charge in [0.2, 0.25) is 5.91 Å². The summed E-state index contributed by atoms with van der Waals surface area (Å²) in [6.45, 7) is 2.65. The van der Waals surface area contributed by atoms with E-state index in [9.17, 15) is 22.8 Å².